The number of nitrogens with one attached hydrogen (secondary N) is 1. The highest BCUT2D eigenvalue weighted by molar-refractivity contribution is 6.01. The van der Waals surface area contributed by atoms with Gasteiger partial charge in [-0.15, -0.1) is 0 Å². The number of halogens is 1. The number of nitrogens with zero attached hydrogens (tertiary/aromatic N) is 5. The van der Waals surface area contributed by atoms with E-state index in [9.17, 15) is 14.0 Å². The van der Waals surface area contributed by atoms with E-state index in [2.05, 4.69) is 49.7 Å². The molecule has 48 heavy (non-hydrogen) atoms. The molecule has 1 unspecified atom stereocenters. The molecule has 2 amide bonds. The molecule has 1 atom stereocenters. The van der Waals surface area contributed by atoms with E-state index >= 15 is 0 Å². The van der Waals surface area contributed by atoms with Crippen LogP contribution in [0.4, 0.5) is 14.9 Å². The Morgan fingerprint density at radius 3 is 2.52 bits per heavy atom. The number of rotatable bonds is 9. The van der Waals surface area contributed by atoms with E-state index < -0.39 is 24.4 Å². The Hall–Kier alpha value is -4.12. The van der Waals surface area contributed by atoms with Gasteiger partial charge in [-0.25, -0.2) is 14.2 Å². The molecular formula is C37H47FN6O4. The maximum Gasteiger partial charge on any atom is 0.408 e. The number of methoxy groups -OCH3 is 1. The molecule has 4 aromatic rings. The van der Waals surface area contributed by atoms with Crippen molar-refractivity contribution in [3.8, 4) is 11.5 Å². The molecule has 0 spiro atoms. The van der Waals surface area contributed by atoms with E-state index in [1.165, 1.54) is 29.4 Å². The molecule has 3 aliphatic rings. The summed E-state index contributed by atoms with van der Waals surface area (Å²) in [7, 11) is 3.85. The largest absolute Gasteiger partial charge is 0.444 e. The minimum atomic E-state index is -0.860. The second kappa shape index (κ2) is 12.7. The number of hydrogen-bond acceptors (Lipinski definition) is 6. The van der Waals surface area contributed by atoms with Crippen LogP contribution in [0.2, 0.25) is 0 Å². The molecule has 1 saturated heterocycles. The Labute approximate surface area is 281 Å². The molecule has 1 saturated carbocycles. The smallest absolute Gasteiger partial charge is 0.408 e. The van der Waals surface area contributed by atoms with Crippen LogP contribution < -0.4 is 10.2 Å². The van der Waals surface area contributed by atoms with Crippen molar-refractivity contribution in [3.63, 3.8) is 0 Å². The first-order valence-corrected chi connectivity index (χ1v) is 17.3. The number of aryl methyl sites for hydroxylation is 1. The van der Waals surface area contributed by atoms with Gasteiger partial charge in [-0.1, -0.05) is 6.07 Å². The zero-order valence-electron chi connectivity index (χ0n) is 28.7. The molecule has 0 bridgehead atoms. The van der Waals surface area contributed by atoms with Crippen LogP contribution >= 0.6 is 0 Å². The number of alkyl halides is 1. The summed E-state index contributed by atoms with van der Waals surface area (Å²) in [6.45, 7) is 7.88. The first-order chi connectivity index (χ1) is 23.0. The van der Waals surface area contributed by atoms with Crippen molar-refractivity contribution >= 4 is 39.6 Å². The Balaban J connectivity index is 1.17. The zero-order valence-corrected chi connectivity index (χ0v) is 28.7. The maximum atomic E-state index is 14.0. The first kappa shape index (κ1) is 32.4. The summed E-state index contributed by atoms with van der Waals surface area (Å²) in [6, 6.07) is 12.2. The van der Waals surface area contributed by atoms with Gasteiger partial charge >= 0.3 is 6.09 Å². The third-order valence-corrected chi connectivity index (χ3v) is 10.0. The average molecular weight is 659 g/mol. The number of piperidine rings is 1. The number of amides is 2. The van der Waals surface area contributed by atoms with Crippen LogP contribution in [0.15, 0.2) is 36.4 Å². The van der Waals surface area contributed by atoms with Crippen LogP contribution in [0, 0.1) is 5.92 Å². The van der Waals surface area contributed by atoms with Crippen LogP contribution in [-0.2, 0) is 29.5 Å². The van der Waals surface area contributed by atoms with Crippen LogP contribution in [0.3, 0.4) is 0 Å². The predicted octanol–water partition coefficient (Wildman–Crippen LogP) is 6.08. The molecule has 2 aromatic carbocycles. The number of ether oxygens (including phenoxy) is 2. The van der Waals surface area contributed by atoms with Crippen LogP contribution in [0.25, 0.3) is 33.5 Å². The number of imidazole rings is 1. The number of carbonyl (C=O) groups excluding carboxylic acids is 2. The lowest BCUT2D eigenvalue weighted by Gasteiger charge is -2.33. The predicted molar refractivity (Wildman–Crippen MR) is 185 cm³/mol. The van der Waals surface area contributed by atoms with E-state index in [-0.39, 0.29) is 12.5 Å². The third-order valence-electron chi connectivity index (χ3n) is 10.0. The summed E-state index contributed by atoms with van der Waals surface area (Å²) in [6.07, 6.45) is 4.83. The fraction of sp³-hybridized carbons (Fsp3) is 0.541. The Morgan fingerprint density at radius 1 is 1.06 bits per heavy atom. The van der Waals surface area contributed by atoms with Gasteiger partial charge in [0.25, 0.3) is 5.91 Å². The molecule has 2 aromatic heterocycles. The number of carbonyl (C=O) groups is 2. The van der Waals surface area contributed by atoms with Gasteiger partial charge in [0, 0.05) is 63.5 Å². The number of benzene rings is 2. The summed E-state index contributed by atoms with van der Waals surface area (Å²) in [5, 5.41) is 3.77. The van der Waals surface area contributed by atoms with Gasteiger partial charge in [0.2, 0.25) is 0 Å². The first-order valence-electron chi connectivity index (χ1n) is 17.3. The number of hydrogen-bond donors (Lipinski definition) is 1. The van der Waals surface area contributed by atoms with Crippen molar-refractivity contribution in [3.05, 3.63) is 47.5 Å². The van der Waals surface area contributed by atoms with Crippen molar-refractivity contribution in [2.45, 2.75) is 77.2 Å². The topological polar surface area (TPSA) is 93.9 Å². The van der Waals surface area contributed by atoms with Gasteiger partial charge in [0.15, 0.2) is 5.82 Å². The van der Waals surface area contributed by atoms with Gasteiger partial charge < -0.3 is 33.7 Å². The quantitative estimate of drug-likeness (QED) is 0.234. The lowest BCUT2D eigenvalue weighted by Crippen LogP contribution is -2.50. The standard InChI is InChI=1S/C37H47FN6O4/c1-37(2,3)48-36(46)39-26(20-38)22-43-13-10-24-16-32-30(19-29(24)35(43)45)40-34(41(32)4)33-17-25-8-9-27(42-14-11-28(47-5)12-15-42)18-31(25)44(33)21-23-6-7-23/h8-9,16-19,23,26,28H,6-7,10-15,20-22H2,1-5H3,(H,39,46). The summed E-state index contributed by atoms with van der Waals surface area (Å²) >= 11 is 0. The normalized spacial score (nSPS) is 18.1. The highest BCUT2D eigenvalue weighted by Gasteiger charge is 2.31. The molecule has 1 N–H and O–H groups in total. The average Bonchev–Trinajstić information content (AvgIpc) is 3.74. The van der Waals surface area contributed by atoms with Crippen LogP contribution in [-0.4, -0.2) is 88.7 Å². The van der Waals surface area contributed by atoms with Crippen molar-refractivity contribution in [1.29, 1.82) is 0 Å². The molecule has 1 aliphatic carbocycles. The molecule has 7 rings (SSSR count). The van der Waals surface area contributed by atoms with Gasteiger partial charge in [0.1, 0.15) is 12.3 Å². The molecule has 4 heterocycles. The fourth-order valence-corrected chi connectivity index (χ4v) is 7.22. The van der Waals surface area contributed by atoms with E-state index in [0.717, 1.165) is 60.6 Å². The van der Waals surface area contributed by atoms with E-state index in [4.69, 9.17) is 14.5 Å². The summed E-state index contributed by atoms with van der Waals surface area (Å²) < 4.78 is 29.4. The van der Waals surface area contributed by atoms with Crippen LogP contribution in [0.5, 0.6) is 0 Å². The second-order valence-corrected chi connectivity index (χ2v) is 14.7. The number of fused-ring (bicyclic) bond motifs is 3. The van der Waals surface area contributed by atoms with Gasteiger partial charge in [-0.3, -0.25) is 4.79 Å². The van der Waals surface area contributed by atoms with E-state index in [1.54, 1.807) is 32.8 Å². The fourth-order valence-electron chi connectivity index (χ4n) is 7.22. The number of anilines is 1. The monoisotopic (exact) mass is 658 g/mol. The minimum Gasteiger partial charge on any atom is -0.444 e. The highest BCUT2D eigenvalue weighted by Crippen LogP contribution is 2.38. The SMILES string of the molecule is COC1CCN(c2ccc3cc(-c4nc5cc6c(cc5n4C)CCN(CC(CF)NC(=O)OC(C)(C)C)C6=O)n(CC4CC4)c3c2)CC1. The minimum absolute atomic E-state index is 0.0627. The molecule has 11 heteroatoms. The molecule has 256 valence electrons. The van der Waals surface area contributed by atoms with Crippen molar-refractivity contribution in [1.82, 2.24) is 24.3 Å². The van der Waals surface area contributed by atoms with E-state index in [0.29, 0.717) is 30.6 Å². The molecular weight excluding hydrogens is 611 g/mol. The number of aromatic nitrogens is 3. The third kappa shape index (κ3) is 6.49. The van der Waals surface area contributed by atoms with Crippen molar-refractivity contribution in [2.24, 2.45) is 13.0 Å². The van der Waals surface area contributed by atoms with Gasteiger partial charge in [0.05, 0.1) is 34.4 Å². The van der Waals surface area contributed by atoms with Crippen molar-refractivity contribution < 1.29 is 23.5 Å². The summed E-state index contributed by atoms with van der Waals surface area (Å²) in [5.74, 6) is 1.36. The second-order valence-electron chi connectivity index (χ2n) is 14.7. The Morgan fingerprint density at radius 2 is 1.83 bits per heavy atom. The lowest BCUT2D eigenvalue weighted by atomic mass is 9.97. The number of alkyl carbamates (subject to hydrolysis) is 1. The molecule has 10 nitrogen and oxygen atoms in total. The molecule has 0 radical (unpaired) electrons. The Kier molecular flexibility index (Phi) is 8.60. The summed E-state index contributed by atoms with van der Waals surface area (Å²) in [4.78, 5) is 35.2. The molecule has 2 aliphatic heterocycles. The van der Waals surface area contributed by atoms with E-state index in [1.807, 2.05) is 13.1 Å². The van der Waals surface area contributed by atoms with Gasteiger partial charge in [-0.2, -0.15) is 0 Å². The zero-order chi connectivity index (χ0) is 33.7. The maximum absolute atomic E-state index is 14.0. The Bertz CT molecular complexity index is 1850. The van der Waals surface area contributed by atoms with Crippen LogP contribution in [0.1, 0.15) is 62.4 Å². The van der Waals surface area contributed by atoms with Crippen molar-refractivity contribution in [2.75, 3.05) is 44.9 Å². The lowest BCUT2D eigenvalue weighted by molar-refractivity contribution is 0.0466. The van der Waals surface area contributed by atoms with Gasteiger partial charge in [-0.05, 0) is 94.7 Å². The highest BCUT2D eigenvalue weighted by atomic mass is 19.1. The molecule has 2 fully saturated rings. The summed E-state index contributed by atoms with van der Waals surface area (Å²) in [5.41, 5.74) is 6.11.